The predicted molar refractivity (Wildman–Crippen MR) is 109 cm³/mol. The van der Waals surface area contributed by atoms with Crippen LogP contribution in [0.4, 0.5) is 4.39 Å². The van der Waals surface area contributed by atoms with Crippen LogP contribution in [0.3, 0.4) is 0 Å². The molecule has 1 N–H and O–H groups in total. The van der Waals surface area contributed by atoms with E-state index >= 15 is 0 Å². The fraction of sp³-hybridized carbons (Fsp3) is 0.381. The van der Waals surface area contributed by atoms with Crippen molar-refractivity contribution in [1.29, 1.82) is 0 Å². The van der Waals surface area contributed by atoms with Crippen molar-refractivity contribution >= 4 is 5.96 Å². The van der Waals surface area contributed by atoms with E-state index < -0.39 is 0 Å². The number of guanidine groups is 1. The molecule has 0 atom stereocenters. The van der Waals surface area contributed by atoms with Crippen molar-refractivity contribution in [1.82, 2.24) is 15.1 Å². The van der Waals surface area contributed by atoms with E-state index in [1.165, 1.54) is 12.1 Å². The lowest BCUT2D eigenvalue weighted by Gasteiger charge is -2.23. The third-order valence-electron chi connectivity index (χ3n) is 4.09. The summed E-state index contributed by atoms with van der Waals surface area (Å²) in [5.74, 6) is 1.38. The first-order chi connectivity index (χ1) is 13.0. The monoisotopic (exact) mass is 372 g/mol. The van der Waals surface area contributed by atoms with Gasteiger partial charge in [-0.2, -0.15) is 0 Å². The number of aliphatic imine (C=N–C) groups is 1. The van der Waals surface area contributed by atoms with Crippen molar-refractivity contribution in [2.24, 2.45) is 4.99 Å². The van der Waals surface area contributed by atoms with E-state index in [4.69, 9.17) is 4.74 Å². The van der Waals surface area contributed by atoms with E-state index in [1.54, 1.807) is 13.1 Å². The van der Waals surface area contributed by atoms with Gasteiger partial charge in [0.15, 0.2) is 5.96 Å². The van der Waals surface area contributed by atoms with Crippen LogP contribution in [0.1, 0.15) is 11.1 Å². The Hall–Kier alpha value is -2.60. The number of benzene rings is 2. The average molecular weight is 372 g/mol. The zero-order valence-corrected chi connectivity index (χ0v) is 16.6. The van der Waals surface area contributed by atoms with Crippen LogP contribution in [0, 0.1) is 5.82 Å². The molecule has 0 heterocycles. The van der Waals surface area contributed by atoms with Gasteiger partial charge < -0.3 is 19.9 Å². The van der Waals surface area contributed by atoms with E-state index in [0.29, 0.717) is 19.7 Å². The van der Waals surface area contributed by atoms with Gasteiger partial charge in [-0.15, -0.1) is 0 Å². The number of nitrogens with zero attached hydrogens (tertiary/aromatic N) is 3. The number of ether oxygens (including phenoxy) is 1. The van der Waals surface area contributed by atoms with Crippen molar-refractivity contribution < 1.29 is 9.13 Å². The maximum Gasteiger partial charge on any atom is 0.193 e. The van der Waals surface area contributed by atoms with Gasteiger partial charge in [-0.25, -0.2) is 4.39 Å². The largest absolute Gasteiger partial charge is 0.492 e. The molecule has 0 radical (unpaired) electrons. The van der Waals surface area contributed by atoms with Crippen molar-refractivity contribution in [3.8, 4) is 5.75 Å². The lowest BCUT2D eigenvalue weighted by Crippen LogP contribution is -2.38. The third kappa shape index (κ3) is 6.90. The minimum Gasteiger partial charge on any atom is -0.492 e. The second-order valence-corrected chi connectivity index (χ2v) is 6.65. The molecular weight excluding hydrogens is 343 g/mol. The van der Waals surface area contributed by atoms with Crippen LogP contribution in [-0.2, 0) is 13.1 Å². The quantitative estimate of drug-likeness (QED) is 0.571. The number of rotatable bonds is 8. The fourth-order valence-corrected chi connectivity index (χ4v) is 2.67. The minimum absolute atomic E-state index is 0.229. The Labute approximate surface area is 161 Å². The van der Waals surface area contributed by atoms with Crippen molar-refractivity contribution in [3.05, 3.63) is 65.5 Å². The summed E-state index contributed by atoms with van der Waals surface area (Å²) in [6, 6.07) is 14.6. The molecule has 146 valence electrons. The summed E-state index contributed by atoms with van der Waals surface area (Å²) in [7, 11) is 7.72. The van der Waals surface area contributed by atoms with Crippen LogP contribution in [0.15, 0.2) is 53.5 Å². The van der Waals surface area contributed by atoms with Gasteiger partial charge in [0.05, 0.1) is 0 Å². The van der Waals surface area contributed by atoms with Gasteiger partial charge in [0.1, 0.15) is 18.2 Å². The fourth-order valence-electron chi connectivity index (χ4n) is 2.67. The number of nitrogens with one attached hydrogen (secondary N) is 1. The van der Waals surface area contributed by atoms with Crippen LogP contribution in [-0.4, -0.2) is 57.1 Å². The summed E-state index contributed by atoms with van der Waals surface area (Å²) in [6.07, 6.45) is 0. The molecule has 2 aromatic carbocycles. The molecule has 0 unspecified atom stereocenters. The SMILES string of the molecule is CN=C(NCc1ccccc1OCCN(C)C)N(C)Cc1cccc(F)c1. The van der Waals surface area contributed by atoms with Crippen LogP contribution in [0.25, 0.3) is 0 Å². The van der Waals surface area contributed by atoms with E-state index in [9.17, 15) is 4.39 Å². The van der Waals surface area contributed by atoms with Gasteiger partial charge in [-0.1, -0.05) is 30.3 Å². The maximum absolute atomic E-state index is 13.4. The molecule has 0 saturated heterocycles. The Morgan fingerprint density at radius 1 is 1.11 bits per heavy atom. The summed E-state index contributed by atoms with van der Waals surface area (Å²) in [6.45, 7) is 2.66. The van der Waals surface area contributed by atoms with Gasteiger partial charge in [0.2, 0.25) is 0 Å². The Kier molecular flexibility index (Phi) is 8.07. The van der Waals surface area contributed by atoms with Gasteiger partial charge in [-0.3, -0.25) is 4.99 Å². The molecule has 0 spiro atoms. The summed E-state index contributed by atoms with van der Waals surface area (Å²) in [5.41, 5.74) is 1.96. The molecule has 0 amide bonds. The molecule has 0 aliphatic carbocycles. The third-order valence-corrected chi connectivity index (χ3v) is 4.09. The molecule has 27 heavy (non-hydrogen) atoms. The summed E-state index contributed by atoms with van der Waals surface area (Å²) in [5, 5.41) is 3.35. The highest BCUT2D eigenvalue weighted by Crippen LogP contribution is 2.18. The first-order valence-electron chi connectivity index (χ1n) is 9.01. The molecule has 2 rings (SSSR count). The van der Waals surface area contributed by atoms with E-state index in [2.05, 4.69) is 15.2 Å². The highest BCUT2D eigenvalue weighted by molar-refractivity contribution is 5.79. The molecule has 2 aromatic rings. The molecule has 0 fully saturated rings. The Balaban J connectivity index is 1.95. The second kappa shape index (κ2) is 10.5. The number of hydrogen-bond donors (Lipinski definition) is 1. The maximum atomic E-state index is 13.4. The summed E-state index contributed by atoms with van der Waals surface area (Å²) < 4.78 is 19.3. The zero-order chi connectivity index (χ0) is 19.6. The smallest absolute Gasteiger partial charge is 0.193 e. The second-order valence-electron chi connectivity index (χ2n) is 6.65. The first kappa shape index (κ1) is 20.7. The van der Waals surface area contributed by atoms with Crippen LogP contribution < -0.4 is 10.1 Å². The standard InChI is InChI=1S/C21H29FN4O/c1-23-21(26(4)16-17-8-7-10-19(22)14-17)24-15-18-9-5-6-11-20(18)27-13-12-25(2)3/h5-11,14H,12-13,15-16H2,1-4H3,(H,23,24). The predicted octanol–water partition coefficient (Wildman–Crippen LogP) is 2.97. The van der Waals surface area contributed by atoms with E-state index in [-0.39, 0.29) is 5.82 Å². The number of para-hydroxylation sites is 1. The molecule has 0 bridgehead atoms. The molecular formula is C21H29FN4O. The number of likely N-dealkylation sites (N-methyl/N-ethyl adjacent to an activating group) is 1. The minimum atomic E-state index is -0.229. The normalized spacial score (nSPS) is 11.6. The van der Waals surface area contributed by atoms with Crippen LogP contribution >= 0.6 is 0 Å². The highest BCUT2D eigenvalue weighted by atomic mass is 19.1. The first-order valence-corrected chi connectivity index (χ1v) is 9.01. The van der Waals surface area contributed by atoms with Crippen LogP contribution in [0.5, 0.6) is 5.75 Å². The number of halogens is 1. The Bertz CT molecular complexity index is 748. The van der Waals surface area contributed by atoms with Gasteiger partial charge in [0.25, 0.3) is 0 Å². The number of hydrogen-bond acceptors (Lipinski definition) is 3. The lowest BCUT2D eigenvalue weighted by atomic mass is 10.2. The van der Waals surface area contributed by atoms with Crippen molar-refractivity contribution in [2.75, 3.05) is 41.3 Å². The molecule has 0 aliphatic rings. The molecule has 0 saturated carbocycles. The van der Waals surface area contributed by atoms with Gasteiger partial charge in [0, 0.05) is 39.3 Å². The molecule has 0 aliphatic heterocycles. The molecule has 5 nitrogen and oxygen atoms in total. The highest BCUT2D eigenvalue weighted by Gasteiger charge is 2.09. The Morgan fingerprint density at radius 3 is 2.59 bits per heavy atom. The van der Waals surface area contributed by atoms with Gasteiger partial charge >= 0.3 is 0 Å². The van der Waals surface area contributed by atoms with Crippen LogP contribution in [0.2, 0.25) is 0 Å². The van der Waals surface area contributed by atoms with Gasteiger partial charge in [-0.05, 0) is 37.9 Å². The molecule has 6 heteroatoms. The van der Waals surface area contributed by atoms with E-state index in [1.807, 2.05) is 56.4 Å². The zero-order valence-electron chi connectivity index (χ0n) is 16.6. The summed E-state index contributed by atoms with van der Waals surface area (Å²) >= 11 is 0. The summed E-state index contributed by atoms with van der Waals surface area (Å²) in [4.78, 5) is 8.38. The Morgan fingerprint density at radius 2 is 1.89 bits per heavy atom. The topological polar surface area (TPSA) is 40.1 Å². The van der Waals surface area contributed by atoms with Crippen molar-refractivity contribution in [3.63, 3.8) is 0 Å². The van der Waals surface area contributed by atoms with Crippen molar-refractivity contribution in [2.45, 2.75) is 13.1 Å². The van der Waals surface area contributed by atoms with E-state index in [0.717, 1.165) is 29.4 Å². The average Bonchev–Trinajstić information content (AvgIpc) is 2.63. The molecule has 0 aromatic heterocycles. The lowest BCUT2D eigenvalue weighted by molar-refractivity contribution is 0.259.